The quantitative estimate of drug-likeness (QED) is 0.404. The molecule has 19 heavy (non-hydrogen) atoms. The molecule has 0 aliphatic carbocycles. The molecule has 0 radical (unpaired) electrons. The van der Waals surface area contributed by atoms with Gasteiger partial charge >= 0.3 is 0 Å². The Bertz CT molecular complexity index is 572. The lowest BCUT2D eigenvalue weighted by molar-refractivity contribution is 0.899. The molecule has 0 unspecified atom stereocenters. The Kier molecular flexibility index (Phi) is 4.90. The highest BCUT2D eigenvalue weighted by Crippen LogP contribution is 2.23. The summed E-state index contributed by atoms with van der Waals surface area (Å²) in [7, 11) is 0. The zero-order valence-corrected chi connectivity index (χ0v) is 12.9. The van der Waals surface area contributed by atoms with Crippen LogP contribution in [0.25, 0.3) is 0 Å². The molecule has 0 amide bonds. The van der Waals surface area contributed by atoms with E-state index in [-0.39, 0.29) is 0 Å². The first-order valence-corrected chi connectivity index (χ1v) is 8.10. The molecule has 0 spiro atoms. The van der Waals surface area contributed by atoms with E-state index in [9.17, 15) is 0 Å². The standard InChI is InChI=1S/C12H13ClN4S2/c1-7-3-8(15-9(13)4-7)6-19-12-16-10(14)5-11(17-12)18-2/h3-5H,6H2,1-2H3,(H2,14,16,17). The van der Waals surface area contributed by atoms with E-state index >= 15 is 0 Å². The predicted molar refractivity (Wildman–Crippen MR) is 81.8 cm³/mol. The molecule has 0 aromatic carbocycles. The Labute approximate surface area is 125 Å². The second-order valence-electron chi connectivity index (χ2n) is 3.86. The highest BCUT2D eigenvalue weighted by molar-refractivity contribution is 7.99. The molecule has 2 rings (SSSR count). The number of halogens is 1. The first-order chi connectivity index (χ1) is 9.06. The molecule has 0 aliphatic rings. The van der Waals surface area contributed by atoms with Crippen LogP contribution in [0.5, 0.6) is 0 Å². The first kappa shape index (κ1) is 14.4. The molecule has 4 nitrogen and oxygen atoms in total. The molecule has 0 saturated carbocycles. The van der Waals surface area contributed by atoms with Crippen molar-refractivity contribution in [3.63, 3.8) is 0 Å². The minimum Gasteiger partial charge on any atom is -0.384 e. The van der Waals surface area contributed by atoms with Crippen LogP contribution in [0.2, 0.25) is 5.15 Å². The molecule has 2 N–H and O–H groups in total. The van der Waals surface area contributed by atoms with Gasteiger partial charge in [0.25, 0.3) is 0 Å². The van der Waals surface area contributed by atoms with Gasteiger partial charge in [-0.3, -0.25) is 0 Å². The number of hydrogen-bond donors (Lipinski definition) is 1. The highest BCUT2D eigenvalue weighted by Gasteiger charge is 2.05. The van der Waals surface area contributed by atoms with Crippen molar-refractivity contribution in [2.75, 3.05) is 12.0 Å². The zero-order chi connectivity index (χ0) is 13.8. The zero-order valence-electron chi connectivity index (χ0n) is 10.6. The average molecular weight is 313 g/mol. The minimum absolute atomic E-state index is 0.483. The molecule has 2 aromatic heterocycles. The maximum atomic E-state index is 5.93. The van der Waals surface area contributed by atoms with Gasteiger partial charge in [0.2, 0.25) is 0 Å². The van der Waals surface area contributed by atoms with Gasteiger partial charge in [-0.2, -0.15) is 0 Å². The molecule has 100 valence electrons. The summed E-state index contributed by atoms with van der Waals surface area (Å²) in [4.78, 5) is 12.8. The number of pyridine rings is 1. The third kappa shape index (κ3) is 4.26. The van der Waals surface area contributed by atoms with E-state index in [0.29, 0.717) is 21.9 Å². The van der Waals surface area contributed by atoms with Gasteiger partial charge in [-0.15, -0.1) is 11.8 Å². The number of thioether (sulfide) groups is 2. The number of anilines is 1. The van der Waals surface area contributed by atoms with E-state index in [1.54, 1.807) is 17.8 Å². The summed E-state index contributed by atoms with van der Waals surface area (Å²) in [5, 5.41) is 2.03. The summed E-state index contributed by atoms with van der Waals surface area (Å²) < 4.78 is 0. The van der Waals surface area contributed by atoms with E-state index in [4.69, 9.17) is 17.3 Å². The van der Waals surface area contributed by atoms with Crippen LogP contribution in [-0.2, 0) is 5.75 Å². The highest BCUT2D eigenvalue weighted by atomic mass is 35.5. The van der Waals surface area contributed by atoms with Gasteiger partial charge < -0.3 is 5.73 Å². The monoisotopic (exact) mass is 312 g/mol. The van der Waals surface area contributed by atoms with Gasteiger partial charge in [-0.05, 0) is 30.9 Å². The van der Waals surface area contributed by atoms with Gasteiger partial charge in [0.15, 0.2) is 5.16 Å². The molecule has 0 aliphatic heterocycles. The molecule has 2 aromatic rings. The van der Waals surface area contributed by atoms with Crippen molar-refractivity contribution in [1.29, 1.82) is 0 Å². The Morgan fingerprint density at radius 2 is 2.00 bits per heavy atom. The van der Waals surface area contributed by atoms with E-state index in [1.165, 1.54) is 11.8 Å². The largest absolute Gasteiger partial charge is 0.384 e. The van der Waals surface area contributed by atoms with Crippen LogP contribution in [0.4, 0.5) is 5.82 Å². The normalized spacial score (nSPS) is 10.7. The Balaban J connectivity index is 2.11. The molecular formula is C12H13ClN4S2. The third-order valence-electron chi connectivity index (χ3n) is 2.25. The van der Waals surface area contributed by atoms with Gasteiger partial charge in [-0.25, -0.2) is 15.0 Å². The number of nitrogens with two attached hydrogens (primary N) is 1. The summed E-state index contributed by atoms with van der Waals surface area (Å²) in [6.45, 7) is 1.99. The fourth-order valence-corrected chi connectivity index (χ4v) is 3.01. The van der Waals surface area contributed by atoms with Crippen LogP contribution in [0, 0.1) is 6.92 Å². The van der Waals surface area contributed by atoms with Crippen LogP contribution >= 0.6 is 35.1 Å². The lowest BCUT2D eigenvalue weighted by Gasteiger charge is -2.04. The number of nitrogens with zero attached hydrogens (tertiary/aromatic N) is 3. The Hall–Kier alpha value is -0.980. The second-order valence-corrected chi connectivity index (χ2v) is 6.02. The Morgan fingerprint density at radius 1 is 1.21 bits per heavy atom. The average Bonchev–Trinajstić information content (AvgIpc) is 2.34. The summed E-state index contributed by atoms with van der Waals surface area (Å²) in [5.41, 5.74) is 7.74. The number of aryl methyl sites for hydroxylation is 1. The predicted octanol–water partition coefficient (Wildman–Crippen LogP) is 3.43. The van der Waals surface area contributed by atoms with Gasteiger partial charge in [0.1, 0.15) is 16.0 Å². The van der Waals surface area contributed by atoms with Crippen molar-refractivity contribution in [1.82, 2.24) is 15.0 Å². The molecule has 0 saturated heterocycles. The fraction of sp³-hybridized carbons (Fsp3) is 0.250. The van der Waals surface area contributed by atoms with Crippen LogP contribution in [0.15, 0.2) is 28.4 Å². The van der Waals surface area contributed by atoms with Crippen molar-refractivity contribution < 1.29 is 0 Å². The summed E-state index contributed by atoms with van der Waals surface area (Å²) in [5.74, 6) is 1.15. The number of nitrogen functional groups attached to an aromatic ring is 1. The topological polar surface area (TPSA) is 64.7 Å². The summed E-state index contributed by atoms with van der Waals surface area (Å²) >= 11 is 8.97. The maximum absolute atomic E-state index is 5.93. The van der Waals surface area contributed by atoms with Gasteiger partial charge in [-0.1, -0.05) is 23.4 Å². The lowest BCUT2D eigenvalue weighted by atomic mass is 10.2. The molecule has 0 atom stereocenters. The van der Waals surface area contributed by atoms with Crippen molar-refractivity contribution in [2.45, 2.75) is 22.9 Å². The van der Waals surface area contributed by atoms with Crippen molar-refractivity contribution in [3.05, 3.63) is 34.6 Å². The van der Waals surface area contributed by atoms with Crippen LogP contribution < -0.4 is 5.73 Å². The van der Waals surface area contributed by atoms with E-state index in [0.717, 1.165) is 16.3 Å². The Morgan fingerprint density at radius 3 is 2.68 bits per heavy atom. The van der Waals surface area contributed by atoms with Crippen LogP contribution in [0.3, 0.4) is 0 Å². The number of rotatable bonds is 4. The molecule has 0 fully saturated rings. The van der Waals surface area contributed by atoms with E-state index in [2.05, 4.69) is 15.0 Å². The number of hydrogen-bond acceptors (Lipinski definition) is 6. The van der Waals surface area contributed by atoms with E-state index < -0.39 is 0 Å². The molecule has 0 bridgehead atoms. The second kappa shape index (κ2) is 6.45. The SMILES string of the molecule is CSc1cc(N)nc(SCc2cc(C)cc(Cl)n2)n1. The molecule has 2 heterocycles. The van der Waals surface area contributed by atoms with Crippen molar-refractivity contribution in [2.24, 2.45) is 0 Å². The van der Waals surface area contributed by atoms with Crippen LogP contribution in [0.1, 0.15) is 11.3 Å². The van der Waals surface area contributed by atoms with Crippen molar-refractivity contribution in [3.8, 4) is 0 Å². The first-order valence-electron chi connectivity index (χ1n) is 5.51. The molecular weight excluding hydrogens is 300 g/mol. The maximum Gasteiger partial charge on any atom is 0.190 e. The lowest BCUT2D eigenvalue weighted by Crippen LogP contribution is -1.97. The summed E-state index contributed by atoms with van der Waals surface area (Å²) in [6, 6.07) is 5.59. The summed E-state index contributed by atoms with van der Waals surface area (Å²) in [6.07, 6.45) is 1.96. The fourth-order valence-electron chi connectivity index (χ4n) is 1.50. The third-order valence-corrected chi connectivity index (χ3v) is 3.95. The minimum atomic E-state index is 0.483. The van der Waals surface area contributed by atoms with E-state index in [1.807, 2.05) is 25.3 Å². The van der Waals surface area contributed by atoms with Crippen molar-refractivity contribution >= 4 is 40.9 Å². The van der Waals surface area contributed by atoms with Crippen LogP contribution in [-0.4, -0.2) is 21.2 Å². The molecule has 7 heteroatoms. The van der Waals surface area contributed by atoms with Gasteiger partial charge in [0.05, 0.1) is 5.69 Å². The smallest absolute Gasteiger partial charge is 0.190 e. The number of aromatic nitrogens is 3. The van der Waals surface area contributed by atoms with Gasteiger partial charge in [0, 0.05) is 11.8 Å².